The van der Waals surface area contributed by atoms with E-state index in [1.54, 1.807) is 20.8 Å². The maximum absolute atomic E-state index is 13.9. The first kappa shape index (κ1) is 14.7. The minimum absolute atomic E-state index is 0.432. The van der Waals surface area contributed by atoms with Gasteiger partial charge in [0.1, 0.15) is 18.3 Å². The van der Waals surface area contributed by atoms with Gasteiger partial charge < -0.3 is 10.5 Å². The Morgan fingerprint density at radius 3 is 2.44 bits per heavy atom. The third kappa shape index (κ3) is 3.30. The number of hydrogen-bond donors (Lipinski definition) is 1. The van der Waals surface area contributed by atoms with Gasteiger partial charge in [0.25, 0.3) is 0 Å². The molecule has 2 N–H and O–H groups in total. The van der Waals surface area contributed by atoms with E-state index in [-0.39, 0.29) is 0 Å². The number of alkyl halides is 2. The van der Waals surface area contributed by atoms with Crippen LogP contribution in [-0.4, -0.2) is 47.4 Å². The topological polar surface area (TPSA) is 72.6 Å². The minimum atomic E-state index is -2.23. The van der Waals surface area contributed by atoms with Gasteiger partial charge in [-0.15, -0.1) is 0 Å². The highest BCUT2D eigenvalue weighted by atomic mass is 19.2. The molecule has 5 nitrogen and oxygen atoms in total. The molecule has 1 unspecified atom stereocenters. The van der Waals surface area contributed by atoms with Gasteiger partial charge in [0, 0.05) is 6.42 Å². The fraction of sp³-hybridized carbons (Fsp3) is 0.818. The summed E-state index contributed by atoms with van der Waals surface area (Å²) in [5, 5.41) is 0. The number of ether oxygens (including phenoxy) is 1. The highest BCUT2D eigenvalue weighted by molar-refractivity contribution is 5.85. The van der Waals surface area contributed by atoms with Crippen LogP contribution in [0.2, 0.25) is 0 Å². The van der Waals surface area contributed by atoms with Crippen molar-refractivity contribution < 1.29 is 23.1 Å². The number of rotatable bonds is 2. The van der Waals surface area contributed by atoms with Crippen LogP contribution in [0.5, 0.6) is 0 Å². The first-order chi connectivity index (χ1) is 8.08. The summed E-state index contributed by atoms with van der Waals surface area (Å²) < 4.78 is 31.5. The van der Waals surface area contributed by atoms with Crippen LogP contribution in [0.4, 0.5) is 13.6 Å². The van der Waals surface area contributed by atoms with Gasteiger partial charge in [-0.25, -0.2) is 13.6 Å². The van der Waals surface area contributed by atoms with E-state index in [0.29, 0.717) is 0 Å². The molecule has 0 radical (unpaired) electrons. The zero-order valence-corrected chi connectivity index (χ0v) is 10.7. The molecule has 0 spiro atoms. The largest absolute Gasteiger partial charge is 0.444 e. The van der Waals surface area contributed by atoms with Crippen LogP contribution in [0, 0.1) is 0 Å². The predicted octanol–water partition coefficient (Wildman–Crippen LogP) is 1.16. The zero-order chi connectivity index (χ0) is 14.1. The van der Waals surface area contributed by atoms with Gasteiger partial charge in [-0.1, -0.05) is 0 Å². The number of nitrogens with zero attached hydrogens (tertiary/aromatic N) is 1. The van der Waals surface area contributed by atoms with Crippen molar-refractivity contribution in [1.29, 1.82) is 0 Å². The van der Waals surface area contributed by atoms with Crippen molar-refractivity contribution in [1.82, 2.24) is 4.90 Å². The van der Waals surface area contributed by atoms with Crippen molar-refractivity contribution in [3.63, 3.8) is 0 Å². The number of carbonyl (C=O) groups is 2. The van der Waals surface area contributed by atoms with Crippen LogP contribution in [0.15, 0.2) is 0 Å². The molecule has 1 heterocycles. The van der Waals surface area contributed by atoms with Gasteiger partial charge in [0.15, 0.2) is 5.67 Å². The lowest BCUT2D eigenvalue weighted by Crippen LogP contribution is -2.46. The fourth-order valence-electron chi connectivity index (χ4n) is 1.80. The lowest BCUT2D eigenvalue weighted by Gasteiger charge is -2.27. The number of amides is 2. The molecule has 1 rings (SSSR count). The Bertz CT molecular complexity index is 357. The summed E-state index contributed by atoms with van der Waals surface area (Å²) in [7, 11) is 0. The van der Waals surface area contributed by atoms with Gasteiger partial charge in [-0.05, 0) is 20.8 Å². The summed E-state index contributed by atoms with van der Waals surface area (Å²) in [6.45, 7) is 3.12. The van der Waals surface area contributed by atoms with Gasteiger partial charge in [-0.2, -0.15) is 0 Å². The SMILES string of the molecule is CC(C)(C)OC(=O)N1CC(F)(CF)C[C@H]1C(N)=O. The average molecular weight is 264 g/mol. The molecule has 0 aromatic heterocycles. The molecular formula is C11H18F2N2O3. The number of carbonyl (C=O) groups excluding carboxylic acids is 2. The van der Waals surface area contributed by atoms with Crippen LogP contribution in [-0.2, 0) is 9.53 Å². The van der Waals surface area contributed by atoms with Crippen molar-refractivity contribution in [2.75, 3.05) is 13.2 Å². The summed E-state index contributed by atoms with van der Waals surface area (Å²) >= 11 is 0. The van der Waals surface area contributed by atoms with Gasteiger partial charge >= 0.3 is 6.09 Å². The summed E-state index contributed by atoms with van der Waals surface area (Å²) in [4.78, 5) is 23.8. The van der Waals surface area contributed by atoms with E-state index < -0.39 is 49.0 Å². The van der Waals surface area contributed by atoms with Crippen molar-refractivity contribution in [2.24, 2.45) is 5.73 Å². The van der Waals surface area contributed by atoms with Crippen LogP contribution >= 0.6 is 0 Å². The number of hydrogen-bond acceptors (Lipinski definition) is 3. The van der Waals surface area contributed by atoms with Crippen LogP contribution in [0.25, 0.3) is 0 Å². The Labute approximate surface area is 104 Å². The Hall–Kier alpha value is -1.40. The first-order valence-electron chi connectivity index (χ1n) is 5.62. The van der Waals surface area contributed by atoms with E-state index >= 15 is 0 Å². The van der Waals surface area contributed by atoms with Gasteiger partial charge in [0.05, 0.1) is 6.54 Å². The number of likely N-dealkylation sites (tertiary alicyclic amines) is 1. The third-order valence-electron chi connectivity index (χ3n) is 2.59. The van der Waals surface area contributed by atoms with E-state index in [1.165, 1.54) is 0 Å². The van der Waals surface area contributed by atoms with Crippen LogP contribution < -0.4 is 5.73 Å². The standard InChI is InChI=1S/C11H18F2N2O3/c1-10(2,3)18-9(17)15-6-11(13,5-12)4-7(15)8(14)16/h7H,4-6H2,1-3H3,(H2,14,16)/t7-,11?/m0/s1. The predicted molar refractivity (Wildman–Crippen MR) is 60.4 cm³/mol. The van der Waals surface area contributed by atoms with Gasteiger partial charge in [-0.3, -0.25) is 9.69 Å². The lowest BCUT2D eigenvalue weighted by atomic mass is 10.0. The molecule has 2 atom stereocenters. The molecule has 0 saturated carbocycles. The van der Waals surface area contributed by atoms with Gasteiger partial charge in [0.2, 0.25) is 5.91 Å². The molecular weight excluding hydrogens is 246 g/mol. The summed E-state index contributed by atoms with van der Waals surface area (Å²) in [5.74, 6) is -0.867. The normalized spacial score (nSPS) is 28.3. The van der Waals surface area contributed by atoms with E-state index in [1.807, 2.05) is 0 Å². The zero-order valence-electron chi connectivity index (χ0n) is 10.7. The average Bonchev–Trinajstić information content (AvgIpc) is 2.55. The second kappa shape index (κ2) is 4.70. The maximum Gasteiger partial charge on any atom is 0.411 e. The maximum atomic E-state index is 13.9. The second-order valence-electron chi connectivity index (χ2n) is 5.52. The Kier molecular flexibility index (Phi) is 3.83. The molecule has 1 aliphatic heterocycles. The fourth-order valence-corrected chi connectivity index (χ4v) is 1.80. The van der Waals surface area contributed by atoms with Crippen molar-refractivity contribution in [2.45, 2.75) is 44.5 Å². The van der Waals surface area contributed by atoms with Crippen molar-refractivity contribution in [3.8, 4) is 0 Å². The van der Waals surface area contributed by atoms with Crippen LogP contribution in [0.1, 0.15) is 27.2 Å². The number of primary amides is 1. The Morgan fingerprint density at radius 2 is 2.06 bits per heavy atom. The van der Waals surface area contributed by atoms with E-state index in [9.17, 15) is 18.4 Å². The molecule has 0 aliphatic carbocycles. The van der Waals surface area contributed by atoms with Crippen LogP contribution in [0.3, 0.4) is 0 Å². The summed E-state index contributed by atoms with van der Waals surface area (Å²) in [5.41, 5.74) is 2.08. The molecule has 1 saturated heterocycles. The quantitative estimate of drug-likeness (QED) is 0.813. The van der Waals surface area contributed by atoms with E-state index in [4.69, 9.17) is 10.5 Å². The molecule has 104 valence electrons. The highest BCUT2D eigenvalue weighted by Gasteiger charge is 2.50. The summed E-state index contributed by atoms with van der Waals surface area (Å²) in [6.07, 6.45) is -1.29. The monoisotopic (exact) mass is 264 g/mol. The smallest absolute Gasteiger partial charge is 0.411 e. The Balaban J connectivity index is 2.85. The van der Waals surface area contributed by atoms with Crippen molar-refractivity contribution in [3.05, 3.63) is 0 Å². The molecule has 0 aromatic rings. The van der Waals surface area contributed by atoms with Crippen molar-refractivity contribution >= 4 is 12.0 Å². The molecule has 7 heteroatoms. The molecule has 1 fully saturated rings. The molecule has 0 aromatic carbocycles. The van der Waals surface area contributed by atoms with E-state index in [2.05, 4.69) is 0 Å². The first-order valence-corrected chi connectivity index (χ1v) is 5.62. The molecule has 1 aliphatic rings. The summed E-state index contributed by atoms with van der Waals surface area (Å²) in [6, 6.07) is -1.17. The molecule has 18 heavy (non-hydrogen) atoms. The Morgan fingerprint density at radius 1 is 1.50 bits per heavy atom. The lowest BCUT2D eigenvalue weighted by molar-refractivity contribution is -0.122. The van der Waals surface area contributed by atoms with E-state index in [0.717, 1.165) is 4.90 Å². The molecule has 2 amide bonds. The minimum Gasteiger partial charge on any atom is -0.444 e. The highest BCUT2D eigenvalue weighted by Crippen LogP contribution is 2.32. The molecule has 0 bridgehead atoms. The number of nitrogens with two attached hydrogens (primary N) is 1. The number of halogens is 2. The second-order valence-corrected chi connectivity index (χ2v) is 5.52. The third-order valence-corrected chi connectivity index (χ3v) is 2.59.